The van der Waals surface area contributed by atoms with Crippen LogP contribution in [-0.4, -0.2) is 19.8 Å². The summed E-state index contributed by atoms with van der Waals surface area (Å²) in [6, 6.07) is 16.2. The van der Waals surface area contributed by atoms with Crippen LogP contribution in [0.5, 0.6) is 0 Å². The summed E-state index contributed by atoms with van der Waals surface area (Å²) in [5, 5.41) is 0. The molecule has 0 spiro atoms. The third-order valence-electron chi connectivity index (χ3n) is 2.75. The molecule has 0 atom stereocenters. The molecule has 0 saturated carbocycles. The third-order valence-corrected chi connectivity index (χ3v) is 5.04. The normalized spacial score (nSPS) is 11.7. The molecule has 0 radical (unpaired) electrons. The van der Waals surface area contributed by atoms with Crippen LogP contribution >= 0.6 is 15.9 Å². The van der Waals surface area contributed by atoms with Crippen LogP contribution in [0.4, 0.5) is 0 Å². The van der Waals surface area contributed by atoms with Gasteiger partial charge in [0.05, 0.1) is 4.90 Å². The van der Waals surface area contributed by atoms with Gasteiger partial charge in [-0.3, -0.25) is 0 Å². The highest BCUT2D eigenvalue weighted by molar-refractivity contribution is 9.10. The molecular formula is C14H14BrNO2S. The van der Waals surface area contributed by atoms with Gasteiger partial charge in [-0.2, -0.15) is 4.31 Å². The molecule has 0 bridgehead atoms. The Labute approximate surface area is 122 Å². The molecule has 0 amide bonds. The van der Waals surface area contributed by atoms with E-state index in [-0.39, 0.29) is 0 Å². The van der Waals surface area contributed by atoms with Gasteiger partial charge in [0, 0.05) is 18.1 Å². The molecule has 2 aromatic rings. The highest BCUT2D eigenvalue weighted by Gasteiger charge is 2.20. The van der Waals surface area contributed by atoms with E-state index in [9.17, 15) is 8.42 Å². The van der Waals surface area contributed by atoms with Crippen LogP contribution in [0.1, 0.15) is 5.56 Å². The Morgan fingerprint density at radius 1 is 1.05 bits per heavy atom. The molecule has 0 aliphatic carbocycles. The molecule has 19 heavy (non-hydrogen) atoms. The van der Waals surface area contributed by atoms with Crippen LogP contribution in [0.2, 0.25) is 0 Å². The maximum absolute atomic E-state index is 12.4. The lowest BCUT2D eigenvalue weighted by molar-refractivity contribution is 0.466. The van der Waals surface area contributed by atoms with Crippen LogP contribution in [0.3, 0.4) is 0 Å². The maximum Gasteiger partial charge on any atom is 0.243 e. The molecular weight excluding hydrogens is 326 g/mol. The van der Waals surface area contributed by atoms with E-state index >= 15 is 0 Å². The first kappa shape index (κ1) is 14.2. The van der Waals surface area contributed by atoms with Gasteiger partial charge in [0.1, 0.15) is 0 Å². The van der Waals surface area contributed by atoms with Crippen LogP contribution < -0.4 is 0 Å². The predicted molar refractivity (Wildman–Crippen MR) is 79.2 cm³/mol. The molecule has 100 valence electrons. The number of rotatable bonds is 4. The highest BCUT2D eigenvalue weighted by atomic mass is 79.9. The summed E-state index contributed by atoms with van der Waals surface area (Å²) in [4.78, 5) is 0.292. The minimum atomic E-state index is -3.46. The van der Waals surface area contributed by atoms with E-state index in [2.05, 4.69) is 15.9 Å². The Morgan fingerprint density at radius 2 is 1.74 bits per heavy atom. The van der Waals surface area contributed by atoms with Gasteiger partial charge in [-0.25, -0.2) is 8.42 Å². The summed E-state index contributed by atoms with van der Waals surface area (Å²) in [5.74, 6) is 0. The fourth-order valence-corrected chi connectivity index (χ4v) is 3.49. The lowest BCUT2D eigenvalue weighted by Crippen LogP contribution is -2.26. The van der Waals surface area contributed by atoms with Gasteiger partial charge in [-0.05, 0) is 23.8 Å². The molecule has 0 heterocycles. The Balaban J connectivity index is 2.25. The average molecular weight is 340 g/mol. The minimum absolute atomic E-state index is 0.292. The molecule has 2 rings (SSSR count). The second-order valence-electron chi connectivity index (χ2n) is 4.20. The van der Waals surface area contributed by atoms with E-state index in [1.807, 2.05) is 30.3 Å². The monoisotopic (exact) mass is 339 g/mol. The van der Waals surface area contributed by atoms with Crippen molar-refractivity contribution in [2.45, 2.75) is 11.4 Å². The summed E-state index contributed by atoms with van der Waals surface area (Å²) in [7, 11) is -1.87. The Morgan fingerprint density at radius 3 is 2.37 bits per heavy atom. The van der Waals surface area contributed by atoms with Crippen molar-refractivity contribution in [3.63, 3.8) is 0 Å². The number of hydrogen-bond donors (Lipinski definition) is 0. The molecule has 0 N–H and O–H groups in total. The van der Waals surface area contributed by atoms with E-state index in [0.717, 1.165) is 10.0 Å². The molecule has 2 aromatic carbocycles. The Hall–Kier alpha value is -1.17. The summed E-state index contributed by atoms with van der Waals surface area (Å²) in [6.45, 7) is 0.357. The molecule has 0 aromatic heterocycles. The van der Waals surface area contributed by atoms with Crippen molar-refractivity contribution in [2.24, 2.45) is 0 Å². The first-order valence-corrected chi connectivity index (χ1v) is 7.99. The molecule has 0 aliphatic rings. The number of halogens is 1. The van der Waals surface area contributed by atoms with Gasteiger partial charge in [-0.1, -0.05) is 52.3 Å². The maximum atomic E-state index is 12.4. The van der Waals surface area contributed by atoms with Crippen molar-refractivity contribution in [1.29, 1.82) is 0 Å². The summed E-state index contributed by atoms with van der Waals surface area (Å²) < 4.78 is 26.9. The highest BCUT2D eigenvalue weighted by Crippen LogP contribution is 2.20. The van der Waals surface area contributed by atoms with Crippen molar-refractivity contribution in [3.8, 4) is 0 Å². The van der Waals surface area contributed by atoms with E-state index in [4.69, 9.17) is 0 Å². The Kier molecular flexibility index (Phi) is 4.39. The number of hydrogen-bond acceptors (Lipinski definition) is 2. The van der Waals surface area contributed by atoms with Crippen molar-refractivity contribution in [2.75, 3.05) is 7.05 Å². The summed E-state index contributed by atoms with van der Waals surface area (Å²) in [5.41, 5.74) is 0.962. The fourth-order valence-electron chi connectivity index (χ4n) is 1.73. The van der Waals surface area contributed by atoms with Gasteiger partial charge in [0.25, 0.3) is 0 Å². The SMILES string of the molecule is CN(Cc1ccccc1)S(=O)(=O)c1cccc(Br)c1. The lowest BCUT2D eigenvalue weighted by atomic mass is 10.2. The topological polar surface area (TPSA) is 37.4 Å². The van der Waals surface area contributed by atoms with Crippen LogP contribution in [-0.2, 0) is 16.6 Å². The zero-order valence-corrected chi connectivity index (χ0v) is 12.9. The predicted octanol–water partition coefficient (Wildman–Crippen LogP) is 3.27. The van der Waals surface area contributed by atoms with E-state index < -0.39 is 10.0 Å². The largest absolute Gasteiger partial charge is 0.243 e. The molecule has 0 unspecified atom stereocenters. The standard InChI is InChI=1S/C14H14BrNO2S/c1-16(11-12-6-3-2-4-7-12)19(17,18)14-9-5-8-13(15)10-14/h2-10H,11H2,1H3. The summed E-state index contributed by atoms with van der Waals surface area (Å²) in [6.07, 6.45) is 0. The number of nitrogens with zero attached hydrogens (tertiary/aromatic N) is 1. The second kappa shape index (κ2) is 5.86. The van der Waals surface area contributed by atoms with E-state index in [0.29, 0.717) is 11.4 Å². The fraction of sp³-hybridized carbons (Fsp3) is 0.143. The molecule has 0 aliphatic heterocycles. The van der Waals surface area contributed by atoms with Gasteiger partial charge < -0.3 is 0 Å². The quantitative estimate of drug-likeness (QED) is 0.857. The number of sulfonamides is 1. The van der Waals surface area contributed by atoms with Gasteiger partial charge in [0.2, 0.25) is 10.0 Å². The minimum Gasteiger partial charge on any atom is -0.207 e. The van der Waals surface area contributed by atoms with Crippen LogP contribution in [0.25, 0.3) is 0 Å². The smallest absolute Gasteiger partial charge is 0.207 e. The van der Waals surface area contributed by atoms with Crippen LogP contribution in [0, 0.1) is 0 Å². The summed E-state index contributed by atoms with van der Waals surface area (Å²) >= 11 is 3.29. The van der Waals surface area contributed by atoms with Crippen molar-refractivity contribution in [1.82, 2.24) is 4.31 Å². The lowest BCUT2D eigenvalue weighted by Gasteiger charge is -2.17. The molecule has 5 heteroatoms. The van der Waals surface area contributed by atoms with Gasteiger partial charge in [-0.15, -0.1) is 0 Å². The second-order valence-corrected chi connectivity index (χ2v) is 7.16. The van der Waals surface area contributed by atoms with E-state index in [1.165, 1.54) is 4.31 Å². The van der Waals surface area contributed by atoms with Crippen molar-refractivity contribution < 1.29 is 8.42 Å². The van der Waals surface area contributed by atoms with Crippen LogP contribution in [0.15, 0.2) is 64.0 Å². The van der Waals surface area contributed by atoms with Crippen molar-refractivity contribution >= 4 is 26.0 Å². The van der Waals surface area contributed by atoms with E-state index in [1.54, 1.807) is 31.3 Å². The van der Waals surface area contributed by atoms with Gasteiger partial charge in [0.15, 0.2) is 0 Å². The average Bonchev–Trinajstić information content (AvgIpc) is 2.40. The zero-order valence-electron chi connectivity index (χ0n) is 10.5. The molecule has 3 nitrogen and oxygen atoms in total. The first-order chi connectivity index (χ1) is 9.00. The van der Waals surface area contributed by atoms with Gasteiger partial charge >= 0.3 is 0 Å². The Bertz CT molecular complexity index is 656. The number of benzene rings is 2. The molecule has 0 saturated heterocycles. The van der Waals surface area contributed by atoms with Crippen molar-refractivity contribution in [3.05, 3.63) is 64.6 Å². The zero-order chi connectivity index (χ0) is 13.9. The first-order valence-electron chi connectivity index (χ1n) is 5.76. The molecule has 0 fully saturated rings. The third kappa shape index (κ3) is 3.43.